The highest BCUT2D eigenvalue weighted by Crippen LogP contribution is 2.31. The number of halogens is 1. The highest BCUT2D eigenvalue weighted by molar-refractivity contribution is 5.95. The van der Waals surface area contributed by atoms with Crippen LogP contribution in [0.4, 0.5) is 15.8 Å². The first kappa shape index (κ1) is 16.1. The Morgan fingerprint density at radius 2 is 2.04 bits per heavy atom. The van der Waals surface area contributed by atoms with Crippen molar-refractivity contribution in [2.24, 2.45) is 0 Å². The molecule has 3 rings (SSSR count). The van der Waals surface area contributed by atoms with Crippen LogP contribution in [0.15, 0.2) is 42.5 Å². The van der Waals surface area contributed by atoms with E-state index < -0.39 is 4.92 Å². The van der Waals surface area contributed by atoms with E-state index in [4.69, 9.17) is 0 Å². The van der Waals surface area contributed by atoms with Crippen molar-refractivity contribution in [1.29, 1.82) is 0 Å². The van der Waals surface area contributed by atoms with Crippen LogP contribution >= 0.6 is 0 Å². The lowest BCUT2D eigenvalue weighted by Gasteiger charge is -2.29. The van der Waals surface area contributed by atoms with Crippen molar-refractivity contribution in [2.45, 2.75) is 25.7 Å². The number of amides is 1. The van der Waals surface area contributed by atoms with Crippen LogP contribution in [-0.4, -0.2) is 17.4 Å². The van der Waals surface area contributed by atoms with Crippen LogP contribution in [0.1, 0.15) is 24.0 Å². The molecular weight excluding hydrogens is 311 g/mol. The Morgan fingerprint density at radius 1 is 1.25 bits per heavy atom. The van der Waals surface area contributed by atoms with Crippen LogP contribution in [0.5, 0.6) is 0 Å². The van der Waals surface area contributed by atoms with E-state index in [1.165, 1.54) is 18.2 Å². The van der Waals surface area contributed by atoms with E-state index in [1.807, 2.05) is 0 Å². The van der Waals surface area contributed by atoms with Crippen LogP contribution in [0, 0.1) is 15.9 Å². The molecule has 24 heavy (non-hydrogen) atoms. The molecule has 0 saturated carbocycles. The van der Waals surface area contributed by atoms with Gasteiger partial charge in [-0.3, -0.25) is 14.9 Å². The van der Waals surface area contributed by atoms with Crippen molar-refractivity contribution in [3.63, 3.8) is 0 Å². The van der Waals surface area contributed by atoms with E-state index in [2.05, 4.69) is 0 Å². The van der Waals surface area contributed by atoms with E-state index in [9.17, 15) is 19.3 Å². The first-order valence-corrected chi connectivity index (χ1v) is 7.87. The standard InChI is InChI=1S/C18H17FN2O3/c19-16-6-2-1-4-13(16)8-10-18(22)20-11-3-5-14-7-9-15(21(23)24)12-17(14)20/h1-2,4,6-7,9,12H,3,5,8,10-11H2. The molecule has 0 spiro atoms. The molecule has 1 aliphatic heterocycles. The van der Waals surface area contributed by atoms with E-state index in [-0.39, 0.29) is 23.8 Å². The third-order valence-electron chi connectivity index (χ3n) is 4.27. The fourth-order valence-electron chi connectivity index (χ4n) is 3.01. The Labute approximate surface area is 138 Å². The van der Waals surface area contributed by atoms with Gasteiger partial charge < -0.3 is 4.90 Å². The van der Waals surface area contributed by atoms with Crippen molar-refractivity contribution in [3.05, 3.63) is 69.5 Å². The maximum Gasteiger partial charge on any atom is 0.271 e. The second-order valence-corrected chi connectivity index (χ2v) is 5.81. The number of carbonyl (C=O) groups is 1. The van der Waals surface area contributed by atoms with Gasteiger partial charge in [0, 0.05) is 25.1 Å². The summed E-state index contributed by atoms with van der Waals surface area (Å²) in [6.45, 7) is 0.532. The third-order valence-corrected chi connectivity index (χ3v) is 4.27. The van der Waals surface area contributed by atoms with Crippen molar-refractivity contribution >= 4 is 17.3 Å². The maximum atomic E-state index is 13.7. The van der Waals surface area contributed by atoms with Crippen LogP contribution in [0.2, 0.25) is 0 Å². The van der Waals surface area contributed by atoms with Crippen molar-refractivity contribution < 1.29 is 14.1 Å². The van der Waals surface area contributed by atoms with Crippen molar-refractivity contribution in [2.75, 3.05) is 11.4 Å². The zero-order chi connectivity index (χ0) is 17.1. The first-order chi connectivity index (χ1) is 11.6. The average molecular weight is 328 g/mol. The molecule has 0 N–H and O–H groups in total. The summed E-state index contributed by atoms with van der Waals surface area (Å²) in [5, 5.41) is 11.0. The largest absolute Gasteiger partial charge is 0.312 e. The highest BCUT2D eigenvalue weighted by Gasteiger charge is 2.24. The topological polar surface area (TPSA) is 63.5 Å². The second kappa shape index (κ2) is 6.78. The number of aryl methyl sites for hydroxylation is 2. The molecule has 0 atom stereocenters. The number of fused-ring (bicyclic) bond motifs is 1. The highest BCUT2D eigenvalue weighted by atomic mass is 19.1. The SMILES string of the molecule is O=C(CCc1ccccc1F)N1CCCc2ccc([N+](=O)[O-])cc21. The Bertz CT molecular complexity index is 792. The van der Waals surface area contributed by atoms with Gasteiger partial charge in [0.1, 0.15) is 5.82 Å². The minimum atomic E-state index is -0.461. The molecule has 5 nitrogen and oxygen atoms in total. The zero-order valence-corrected chi connectivity index (χ0v) is 13.1. The van der Waals surface area contributed by atoms with Gasteiger partial charge >= 0.3 is 0 Å². The number of anilines is 1. The molecule has 0 unspecified atom stereocenters. The monoisotopic (exact) mass is 328 g/mol. The van der Waals surface area contributed by atoms with Gasteiger partial charge in [0.15, 0.2) is 0 Å². The molecule has 1 heterocycles. The summed E-state index contributed by atoms with van der Waals surface area (Å²) in [5.41, 5.74) is 2.02. The lowest BCUT2D eigenvalue weighted by molar-refractivity contribution is -0.384. The van der Waals surface area contributed by atoms with Crippen LogP contribution < -0.4 is 4.90 Å². The van der Waals surface area contributed by atoms with E-state index in [0.717, 1.165) is 18.4 Å². The van der Waals surface area contributed by atoms with Gasteiger partial charge in [0.05, 0.1) is 10.6 Å². The lowest BCUT2D eigenvalue weighted by atomic mass is 10.00. The van der Waals surface area contributed by atoms with Gasteiger partial charge in [0.25, 0.3) is 5.69 Å². The number of nitrogens with zero attached hydrogens (tertiary/aromatic N) is 2. The van der Waals surface area contributed by atoms with Crippen molar-refractivity contribution in [3.8, 4) is 0 Å². The van der Waals surface area contributed by atoms with Crippen LogP contribution in [0.3, 0.4) is 0 Å². The molecule has 6 heteroatoms. The molecule has 0 fully saturated rings. The van der Waals surface area contributed by atoms with Crippen LogP contribution in [0.25, 0.3) is 0 Å². The number of carbonyl (C=O) groups excluding carboxylic acids is 1. The summed E-state index contributed by atoms with van der Waals surface area (Å²) < 4.78 is 13.7. The van der Waals surface area contributed by atoms with Crippen LogP contribution in [-0.2, 0) is 17.6 Å². The Balaban J connectivity index is 1.78. The fraction of sp³-hybridized carbons (Fsp3) is 0.278. The molecule has 0 saturated heterocycles. The minimum Gasteiger partial charge on any atom is -0.312 e. The molecule has 0 bridgehead atoms. The Kier molecular flexibility index (Phi) is 4.55. The minimum absolute atomic E-state index is 0.0254. The lowest BCUT2D eigenvalue weighted by Crippen LogP contribution is -2.35. The summed E-state index contributed by atoms with van der Waals surface area (Å²) in [6.07, 6.45) is 2.09. The second-order valence-electron chi connectivity index (χ2n) is 5.81. The maximum absolute atomic E-state index is 13.7. The molecule has 0 aliphatic carbocycles. The number of hydrogen-bond acceptors (Lipinski definition) is 3. The third kappa shape index (κ3) is 3.27. The molecule has 1 aliphatic rings. The number of nitro groups is 1. The summed E-state index contributed by atoms with van der Waals surface area (Å²) in [4.78, 5) is 24.7. The molecule has 2 aromatic rings. The quantitative estimate of drug-likeness (QED) is 0.636. The summed E-state index contributed by atoms with van der Waals surface area (Å²) in [7, 11) is 0. The van der Waals surface area contributed by atoms with Gasteiger partial charge in [-0.25, -0.2) is 4.39 Å². The first-order valence-electron chi connectivity index (χ1n) is 7.87. The van der Waals surface area contributed by atoms with Gasteiger partial charge in [-0.2, -0.15) is 0 Å². The van der Waals surface area contributed by atoms with E-state index in [1.54, 1.807) is 29.2 Å². The summed E-state index contributed by atoms with van der Waals surface area (Å²) in [6, 6.07) is 11.0. The van der Waals surface area contributed by atoms with Gasteiger partial charge in [-0.1, -0.05) is 24.3 Å². The zero-order valence-electron chi connectivity index (χ0n) is 13.1. The molecule has 124 valence electrons. The smallest absolute Gasteiger partial charge is 0.271 e. The molecule has 2 aromatic carbocycles. The molecule has 1 amide bonds. The normalized spacial score (nSPS) is 13.5. The van der Waals surface area contributed by atoms with Crippen molar-refractivity contribution in [1.82, 2.24) is 0 Å². The Morgan fingerprint density at radius 3 is 2.79 bits per heavy atom. The number of rotatable bonds is 4. The average Bonchev–Trinajstić information content (AvgIpc) is 2.59. The predicted octanol–water partition coefficient (Wildman–Crippen LogP) is 3.65. The predicted molar refractivity (Wildman–Crippen MR) is 88.5 cm³/mol. The number of benzene rings is 2. The molecular formula is C18H17FN2O3. The summed E-state index contributed by atoms with van der Waals surface area (Å²) >= 11 is 0. The van der Waals surface area contributed by atoms with Gasteiger partial charge in [-0.05, 0) is 36.5 Å². The molecule has 0 aromatic heterocycles. The summed E-state index contributed by atoms with van der Waals surface area (Å²) in [5.74, 6) is -0.459. The number of non-ortho nitro benzene ring substituents is 1. The fourth-order valence-corrected chi connectivity index (χ4v) is 3.01. The van der Waals surface area contributed by atoms with E-state index >= 15 is 0 Å². The van der Waals surface area contributed by atoms with Gasteiger partial charge in [-0.15, -0.1) is 0 Å². The number of nitro benzene ring substituents is 1. The van der Waals surface area contributed by atoms with E-state index in [0.29, 0.717) is 24.2 Å². The van der Waals surface area contributed by atoms with Gasteiger partial charge in [0.2, 0.25) is 5.91 Å². The molecule has 0 radical (unpaired) electrons. The number of hydrogen-bond donors (Lipinski definition) is 0. The Hall–Kier alpha value is -2.76.